The molecule has 2 heteroatoms. The number of hydrogen-bond donors (Lipinski definition) is 0. The van der Waals surface area contributed by atoms with Crippen molar-refractivity contribution in [2.75, 3.05) is 0 Å². The molecule has 5 saturated carbocycles. The number of hydrogen-bond acceptors (Lipinski definition) is 1. The van der Waals surface area contributed by atoms with E-state index in [1.165, 1.54) is 69.8 Å². The Bertz CT molecular complexity index is 869. The first kappa shape index (κ1) is 26.5. The lowest BCUT2D eigenvalue weighted by Gasteiger charge is -2.73. The van der Waals surface area contributed by atoms with Crippen molar-refractivity contribution in [1.29, 1.82) is 0 Å². The van der Waals surface area contributed by atoms with Gasteiger partial charge in [-0.1, -0.05) is 53.7 Å². The van der Waals surface area contributed by atoms with Gasteiger partial charge in [0.1, 0.15) is 0 Å². The van der Waals surface area contributed by atoms with Crippen molar-refractivity contribution >= 4 is 8.32 Å². The van der Waals surface area contributed by atoms with Gasteiger partial charge in [-0.15, -0.1) is 0 Å². The second-order valence-corrected chi connectivity index (χ2v) is 21.4. The van der Waals surface area contributed by atoms with Gasteiger partial charge in [0.15, 0.2) is 8.32 Å². The average molecular weight is 499 g/mol. The second kappa shape index (κ2) is 7.97. The highest BCUT2D eigenvalue weighted by molar-refractivity contribution is 6.69. The molecule has 0 aromatic rings. The van der Waals surface area contributed by atoms with Crippen LogP contribution in [0.4, 0.5) is 0 Å². The van der Waals surface area contributed by atoms with Gasteiger partial charge >= 0.3 is 0 Å². The second-order valence-electron chi connectivity index (χ2n) is 16.9. The van der Waals surface area contributed by atoms with Crippen molar-refractivity contribution in [3.8, 4) is 0 Å². The molecule has 10 unspecified atom stereocenters. The van der Waals surface area contributed by atoms with Gasteiger partial charge in [-0.25, -0.2) is 0 Å². The summed E-state index contributed by atoms with van der Waals surface area (Å²) in [4.78, 5) is 0. The molecular weight excluding hydrogens is 440 g/mol. The average Bonchev–Trinajstić information content (AvgIpc) is 3.08. The highest BCUT2D eigenvalue weighted by atomic mass is 28.4. The molecule has 0 N–H and O–H groups in total. The lowest BCUT2D eigenvalue weighted by atomic mass is 9.32. The number of allylic oxidation sites excluding steroid dienone is 1. The maximum Gasteiger partial charge on any atom is 0.184 e. The van der Waals surface area contributed by atoms with Crippen LogP contribution in [0, 0.1) is 56.7 Å². The molecular formula is C33H58OSi. The molecule has 0 bridgehead atoms. The van der Waals surface area contributed by atoms with Crippen molar-refractivity contribution in [3.63, 3.8) is 0 Å². The van der Waals surface area contributed by atoms with E-state index in [0.717, 1.165) is 29.6 Å². The van der Waals surface area contributed by atoms with Gasteiger partial charge in [0.2, 0.25) is 0 Å². The maximum atomic E-state index is 6.88. The lowest BCUT2D eigenvalue weighted by Crippen LogP contribution is -2.66. The monoisotopic (exact) mass is 498 g/mol. The van der Waals surface area contributed by atoms with Crippen LogP contribution in [0.15, 0.2) is 12.2 Å². The van der Waals surface area contributed by atoms with E-state index < -0.39 is 8.32 Å². The molecule has 0 saturated heterocycles. The van der Waals surface area contributed by atoms with Crippen molar-refractivity contribution < 1.29 is 4.43 Å². The molecule has 5 rings (SSSR count). The van der Waals surface area contributed by atoms with E-state index in [0.29, 0.717) is 27.8 Å². The minimum Gasteiger partial charge on any atom is -0.414 e. The summed E-state index contributed by atoms with van der Waals surface area (Å²) in [6.45, 7) is 30.2. The summed E-state index contributed by atoms with van der Waals surface area (Å²) in [6.07, 6.45) is 14.7. The van der Waals surface area contributed by atoms with E-state index in [1.54, 1.807) is 0 Å². The Balaban J connectivity index is 1.49. The summed E-state index contributed by atoms with van der Waals surface area (Å²) in [6, 6.07) is 0. The van der Waals surface area contributed by atoms with E-state index in [-0.39, 0.29) is 5.41 Å². The quantitative estimate of drug-likeness (QED) is 0.278. The van der Waals surface area contributed by atoms with E-state index in [4.69, 9.17) is 4.43 Å². The number of fused-ring (bicyclic) bond motifs is 7. The molecule has 10 atom stereocenters. The first-order chi connectivity index (χ1) is 16.0. The highest BCUT2D eigenvalue weighted by Gasteiger charge is 2.70. The fraction of sp³-hybridized carbons (Fsp3) is 0.939. The van der Waals surface area contributed by atoms with Crippen LogP contribution in [-0.4, -0.2) is 14.4 Å². The van der Waals surface area contributed by atoms with Crippen LogP contribution in [0.2, 0.25) is 19.6 Å². The summed E-state index contributed by atoms with van der Waals surface area (Å²) in [7, 11) is -1.54. The van der Waals surface area contributed by atoms with Gasteiger partial charge in [-0.3, -0.25) is 0 Å². The van der Waals surface area contributed by atoms with Crippen LogP contribution in [0.25, 0.3) is 0 Å². The fourth-order valence-electron chi connectivity index (χ4n) is 12.1. The third kappa shape index (κ3) is 3.60. The highest BCUT2D eigenvalue weighted by Crippen LogP contribution is 2.77. The van der Waals surface area contributed by atoms with Gasteiger partial charge in [0, 0.05) is 0 Å². The van der Waals surface area contributed by atoms with Gasteiger partial charge < -0.3 is 4.43 Å². The first-order valence-corrected chi connectivity index (χ1v) is 18.7. The van der Waals surface area contributed by atoms with E-state index >= 15 is 0 Å². The Morgan fingerprint density at radius 1 is 0.743 bits per heavy atom. The molecule has 0 spiro atoms. The van der Waals surface area contributed by atoms with Crippen LogP contribution >= 0.6 is 0 Å². The van der Waals surface area contributed by atoms with E-state index in [2.05, 4.69) is 74.7 Å². The molecule has 0 heterocycles. The van der Waals surface area contributed by atoms with E-state index in [1.807, 2.05) is 0 Å². The smallest absolute Gasteiger partial charge is 0.184 e. The molecule has 0 aromatic heterocycles. The Labute approximate surface area is 219 Å². The molecule has 5 aliphatic rings. The molecule has 1 nitrogen and oxygen atoms in total. The molecule has 0 aliphatic heterocycles. The van der Waals surface area contributed by atoms with E-state index in [9.17, 15) is 0 Å². The van der Waals surface area contributed by atoms with Crippen molar-refractivity contribution in [2.24, 2.45) is 56.7 Å². The Hall–Kier alpha value is -0.0831. The molecule has 0 aromatic carbocycles. The van der Waals surface area contributed by atoms with Crippen LogP contribution in [0.3, 0.4) is 0 Å². The summed E-state index contributed by atoms with van der Waals surface area (Å²) in [5.74, 6) is 4.21. The molecule has 5 fully saturated rings. The molecule has 5 aliphatic carbocycles. The molecule has 35 heavy (non-hydrogen) atoms. The first-order valence-electron chi connectivity index (χ1n) is 15.3. The topological polar surface area (TPSA) is 9.23 Å². The summed E-state index contributed by atoms with van der Waals surface area (Å²) in [5, 5.41) is 0. The van der Waals surface area contributed by atoms with Crippen molar-refractivity contribution in [1.82, 2.24) is 0 Å². The third-order valence-electron chi connectivity index (χ3n) is 13.9. The zero-order valence-electron chi connectivity index (χ0n) is 25.2. The largest absolute Gasteiger partial charge is 0.414 e. The summed E-state index contributed by atoms with van der Waals surface area (Å²) < 4.78 is 6.88. The SMILES string of the molecule is C=C(C)C1CCC2(C)CCC3(C)C(CCC4C5(C)CCC(O[Si](C)(C)C)C(C)(C)C5CCC43C)C12. The predicted molar refractivity (Wildman–Crippen MR) is 153 cm³/mol. The molecule has 0 amide bonds. The lowest BCUT2D eigenvalue weighted by molar-refractivity contribution is -0.245. The molecule has 200 valence electrons. The van der Waals surface area contributed by atoms with Crippen molar-refractivity contribution in [3.05, 3.63) is 12.2 Å². The predicted octanol–water partition coefficient (Wildman–Crippen LogP) is 9.88. The molecule has 0 radical (unpaired) electrons. The zero-order chi connectivity index (χ0) is 25.8. The zero-order valence-corrected chi connectivity index (χ0v) is 26.2. The Morgan fingerprint density at radius 2 is 1.43 bits per heavy atom. The normalized spacial score (nSPS) is 53.2. The summed E-state index contributed by atoms with van der Waals surface area (Å²) in [5.41, 5.74) is 3.76. The Kier molecular flexibility index (Phi) is 6.04. The van der Waals surface area contributed by atoms with Crippen LogP contribution in [0.5, 0.6) is 0 Å². The van der Waals surface area contributed by atoms with Gasteiger partial charge in [0.25, 0.3) is 0 Å². The van der Waals surface area contributed by atoms with Crippen LogP contribution in [0.1, 0.15) is 113 Å². The minimum absolute atomic E-state index is 0.286. The maximum absolute atomic E-state index is 6.88. The minimum atomic E-state index is -1.54. The Morgan fingerprint density at radius 3 is 2.06 bits per heavy atom. The van der Waals surface area contributed by atoms with Crippen molar-refractivity contribution in [2.45, 2.75) is 138 Å². The fourth-order valence-corrected chi connectivity index (χ4v) is 13.4. The van der Waals surface area contributed by atoms with Gasteiger partial charge in [0.05, 0.1) is 6.10 Å². The summed E-state index contributed by atoms with van der Waals surface area (Å²) >= 11 is 0. The standard InChI is InChI=1S/C33H58OSi/c1-22(2)23-14-17-30(5)20-21-32(7)24(28(23)30)12-13-26-31(6)18-16-27(34-35(9,10)11)29(3,4)25(31)15-19-33(26,32)8/h23-28H,1,12-21H2,2-11H3. The van der Waals surface area contributed by atoms with Crippen LogP contribution < -0.4 is 0 Å². The van der Waals surface area contributed by atoms with Gasteiger partial charge in [-0.2, -0.15) is 0 Å². The number of rotatable bonds is 3. The third-order valence-corrected chi connectivity index (χ3v) is 14.9. The van der Waals surface area contributed by atoms with Gasteiger partial charge in [-0.05, 0) is 147 Å². The van der Waals surface area contributed by atoms with Crippen LogP contribution in [-0.2, 0) is 4.43 Å².